The van der Waals surface area contributed by atoms with Gasteiger partial charge in [-0.1, -0.05) is 12.8 Å². The van der Waals surface area contributed by atoms with E-state index < -0.39 is 0 Å². The van der Waals surface area contributed by atoms with Crippen LogP contribution in [-0.2, 0) is 0 Å². The normalized spacial score (nSPS) is 22.5. The van der Waals surface area contributed by atoms with Crippen molar-refractivity contribution in [2.75, 3.05) is 13.1 Å². The molecule has 1 aliphatic rings. The average molecular weight is 278 g/mol. The third-order valence-corrected chi connectivity index (χ3v) is 4.06. The van der Waals surface area contributed by atoms with Crippen LogP contribution in [0.3, 0.4) is 0 Å². The Labute approximate surface area is 118 Å². The van der Waals surface area contributed by atoms with Crippen molar-refractivity contribution in [2.24, 2.45) is 11.7 Å². The fraction of sp³-hybridized carbons (Fsp3) is 0.643. The van der Waals surface area contributed by atoms with Gasteiger partial charge in [0.2, 0.25) is 0 Å². The van der Waals surface area contributed by atoms with E-state index in [0.29, 0.717) is 19.0 Å². The number of rotatable bonds is 4. The Kier molecular flexibility index (Phi) is 4.89. The number of hydrogen-bond donors (Lipinski definition) is 2. The third kappa shape index (κ3) is 3.07. The maximum Gasteiger partial charge on any atom is 0.274 e. The molecule has 2 rings (SSSR count). The van der Waals surface area contributed by atoms with Crippen LogP contribution in [0, 0.1) is 5.92 Å². The van der Waals surface area contributed by atoms with E-state index in [1.165, 1.54) is 12.6 Å². The Morgan fingerprint density at radius 3 is 2.85 bits per heavy atom. The molecule has 0 aromatic carbocycles. The van der Waals surface area contributed by atoms with Gasteiger partial charge in [0, 0.05) is 18.8 Å². The molecule has 2 unspecified atom stereocenters. The van der Waals surface area contributed by atoms with Gasteiger partial charge in [0.15, 0.2) is 0 Å². The fourth-order valence-corrected chi connectivity index (χ4v) is 3.01. The maximum atomic E-state index is 12.5. The Morgan fingerprint density at radius 1 is 1.50 bits per heavy atom. The molecular formula is C14H22N4O2. The predicted molar refractivity (Wildman–Crippen MR) is 76.4 cm³/mol. The highest BCUT2D eigenvalue weighted by Crippen LogP contribution is 2.28. The van der Waals surface area contributed by atoms with Crippen molar-refractivity contribution in [2.45, 2.75) is 38.6 Å². The molecule has 1 aromatic heterocycles. The summed E-state index contributed by atoms with van der Waals surface area (Å²) in [6, 6.07) is 0.181. The summed E-state index contributed by atoms with van der Waals surface area (Å²) < 4.78 is 0. The van der Waals surface area contributed by atoms with Crippen molar-refractivity contribution in [3.8, 4) is 0 Å². The predicted octanol–water partition coefficient (Wildman–Crippen LogP) is 0.749. The molecule has 3 N–H and O–H groups in total. The Morgan fingerprint density at radius 2 is 2.25 bits per heavy atom. The summed E-state index contributed by atoms with van der Waals surface area (Å²) in [7, 11) is 0. The number of aromatic amines is 1. The van der Waals surface area contributed by atoms with Crippen molar-refractivity contribution in [3.63, 3.8) is 0 Å². The second-order valence-electron chi connectivity index (χ2n) is 5.24. The highest BCUT2D eigenvalue weighted by molar-refractivity contribution is 5.92. The number of nitrogens with two attached hydrogens (primary N) is 1. The number of amides is 1. The first kappa shape index (κ1) is 14.7. The molecule has 0 bridgehead atoms. The van der Waals surface area contributed by atoms with Crippen LogP contribution in [0.1, 0.15) is 43.1 Å². The largest absolute Gasteiger partial charge is 0.334 e. The van der Waals surface area contributed by atoms with Gasteiger partial charge in [0.25, 0.3) is 11.5 Å². The number of nitrogens with zero attached hydrogens (tertiary/aromatic N) is 2. The minimum absolute atomic E-state index is 0.130. The summed E-state index contributed by atoms with van der Waals surface area (Å²) in [4.78, 5) is 31.8. The van der Waals surface area contributed by atoms with Crippen molar-refractivity contribution >= 4 is 5.91 Å². The lowest BCUT2D eigenvalue weighted by Crippen LogP contribution is -2.48. The van der Waals surface area contributed by atoms with Crippen LogP contribution < -0.4 is 11.3 Å². The lowest BCUT2D eigenvalue weighted by molar-refractivity contribution is 0.0553. The number of nitrogens with one attached hydrogen (secondary N) is 1. The summed E-state index contributed by atoms with van der Waals surface area (Å²) in [6.45, 7) is 3.19. The highest BCUT2D eigenvalue weighted by atomic mass is 16.2. The molecule has 20 heavy (non-hydrogen) atoms. The van der Waals surface area contributed by atoms with Crippen LogP contribution in [0.2, 0.25) is 0 Å². The minimum Gasteiger partial charge on any atom is -0.334 e. The van der Waals surface area contributed by atoms with E-state index in [2.05, 4.69) is 9.97 Å². The number of carbonyl (C=O) groups excluding carboxylic acids is 1. The van der Waals surface area contributed by atoms with Gasteiger partial charge in [-0.25, -0.2) is 4.98 Å². The Hall–Kier alpha value is -1.69. The zero-order valence-corrected chi connectivity index (χ0v) is 11.8. The molecule has 1 amide bonds. The summed E-state index contributed by atoms with van der Waals surface area (Å²) >= 11 is 0. The molecule has 6 nitrogen and oxygen atoms in total. The fourth-order valence-electron chi connectivity index (χ4n) is 3.01. The first-order chi connectivity index (χ1) is 9.67. The quantitative estimate of drug-likeness (QED) is 0.850. The second kappa shape index (κ2) is 6.65. The SMILES string of the molecule is CCN(C(=O)c1c[nH]c(=O)cn1)C1CCCCC1CN. The summed E-state index contributed by atoms with van der Waals surface area (Å²) in [6.07, 6.45) is 6.90. The monoisotopic (exact) mass is 278 g/mol. The van der Waals surface area contributed by atoms with Crippen LogP contribution in [0.15, 0.2) is 17.2 Å². The molecule has 0 spiro atoms. The first-order valence-electron chi connectivity index (χ1n) is 7.23. The van der Waals surface area contributed by atoms with E-state index in [-0.39, 0.29) is 23.2 Å². The van der Waals surface area contributed by atoms with Gasteiger partial charge in [0.05, 0.1) is 6.20 Å². The lowest BCUT2D eigenvalue weighted by Gasteiger charge is -2.39. The molecular weight excluding hydrogens is 256 g/mol. The van der Waals surface area contributed by atoms with E-state index >= 15 is 0 Å². The molecule has 2 atom stereocenters. The molecule has 0 radical (unpaired) electrons. The number of aromatic nitrogens is 2. The lowest BCUT2D eigenvalue weighted by atomic mass is 9.83. The Balaban J connectivity index is 2.19. The van der Waals surface area contributed by atoms with Crippen molar-refractivity contribution < 1.29 is 4.79 Å². The van der Waals surface area contributed by atoms with E-state index in [1.807, 2.05) is 11.8 Å². The minimum atomic E-state index is -0.304. The maximum absolute atomic E-state index is 12.5. The summed E-state index contributed by atoms with van der Waals surface area (Å²) in [5.41, 5.74) is 5.83. The molecule has 6 heteroatoms. The molecule has 110 valence electrons. The topological polar surface area (TPSA) is 92.1 Å². The standard InChI is InChI=1S/C14H22N4O2/c1-2-18(12-6-4-3-5-10(12)7-15)14(20)11-8-17-13(19)9-16-11/h8-10,12H,2-7,15H2,1H3,(H,17,19). The van der Waals surface area contributed by atoms with Crippen LogP contribution in [0.25, 0.3) is 0 Å². The van der Waals surface area contributed by atoms with Gasteiger partial charge in [-0.05, 0) is 32.2 Å². The average Bonchev–Trinajstić information content (AvgIpc) is 2.49. The number of carbonyl (C=O) groups is 1. The number of hydrogen-bond acceptors (Lipinski definition) is 4. The van der Waals surface area contributed by atoms with Crippen LogP contribution in [-0.4, -0.2) is 39.9 Å². The Bertz CT molecular complexity index is 494. The molecule has 1 fully saturated rings. The van der Waals surface area contributed by atoms with Gasteiger partial charge in [-0.15, -0.1) is 0 Å². The van der Waals surface area contributed by atoms with Gasteiger partial charge >= 0.3 is 0 Å². The molecule has 1 saturated carbocycles. The van der Waals surface area contributed by atoms with Gasteiger partial charge in [0.1, 0.15) is 5.69 Å². The number of H-pyrrole nitrogens is 1. The molecule has 1 aliphatic carbocycles. The van der Waals surface area contributed by atoms with Gasteiger partial charge in [-0.2, -0.15) is 0 Å². The second-order valence-corrected chi connectivity index (χ2v) is 5.24. The van der Waals surface area contributed by atoms with Crippen LogP contribution in [0.4, 0.5) is 0 Å². The zero-order chi connectivity index (χ0) is 14.5. The molecule has 1 heterocycles. The van der Waals surface area contributed by atoms with Crippen molar-refractivity contribution in [1.29, 1.82) is 0 Å². The van der Waals surface area contributed by atoms with Gasteiger partial charge in [-0.3, -0.25) is 9.59 Å². The van der Waals surface area contributed by atoms with Crippen LogP contribution in [0.5, 0.6) is 0 Å². The third-order valence-electron chi connectivity index (χ3n) is 4.06. The molecule has 1 aromatic rings. The molecule has 0 saturated heterocycles. The van der Waals surface area contributed by atoms with E-state index in [0.717, 1.165) is 25.5 Å². The van der Waals surface area contributed by atoms with E-state index in [4.69, 9.17) is 5.73 Å². The highest BCUT2D eigenvalue weighted by Gasteiger charge is 2.32. The van der Waals surface area contributed by atoms with Crippen LogP contribution >= 0.6 is 0 Å². The molecule has 0 aliphatic heterocycles. The summed E-state index contributed by atoms with van der Waals surface area (Å²) in [5, 5.41) is 0. The van der Waals surface area contributed by atoms with Crippen molar-refractivity contribution in [1.82, 2.24) is 14.9 Å². The van der Waals surface area contributed by atoms with E-state index in [9.17, 15) is 9.59 Å². The first-order valence-corrected chi connectivity index (χ1v) is 7.23. The van der Waals surface area contributed by atoms with Gasteiger partial charge < -0.3 is 15.6 Å². The van der Waals surface area contributed by atoms with E-state index in [1.54, 1.807) is 0 Å². The van der Waals surface area contributed by atoms with Crippen molar-refractivity contribution in [3.05, 3.63) is 28.4 Å². The summed E-state index contributed by atoms with van der Waals surface area (Å²) in [5.74, 6) is 0.226. The zero-order valence-electron chi connectivity index (χ0n) is 11.8. The smallest absolute Gasteiger partial charge is 0.274 e.